The van der Waals surface area contributed by atoms with Crippen molar-refractivity contribution >= 4 is 6.09 Å². The van der Waals surface area contributed by atoms with Crippen molar-refractivity contribution in [3.63, 3.8) is 0 Å². The lowest BCUT2D eigenvalue weighted by molar-refractivity contribution is 0.143. The zero-order valence-electron chi connectivity index (χ0n) is 15.2. The van der Waals surface area contributed by atoms with Gasteiger partial charge in [-0.1, -0.05) is 78.9 Å². The molecule has 3 nitrogen and oxygen atoms in total. The molecule has 1 aliphatic rings. The number of hydrogen-bond donors (Lipinski definition) is 1. The molecule has 0 aliphatic heterocycles. The summed E-state index contributed by atoms with van der Waals surface area (Å²) >= 11 is 0. The fourth-order valence-electron chi connectivity index (χ4n) is 3.78. The number of nitrogens with one attached hydrogen (secondary N) is 1. The molecule has 0 fully saturated rings. The summed E-state index contributed by atoms with van der Waals surface area (Å²) in [6.07, 6.45) is 1.50. The molecule has 0 saturated carbocycles. The van der Waals surface area contributed by atoms with E-state index in [9.17, 15) is 4.79 Å². The molecule has 27 heavy (non-hydrogen) atoms. The Balaban J connectivity index is 1.30. The molecule has 0 radical (unpaired) electrons. The van der Waals surface area contributed by atoms with Crippen molar-refractivity contribution in [2.45, 2.75) is 18.8 Å². The van der Waals surface area contributed by atoms with E-state index in [1.54, 1.807) is 0 Å². The van der Waals surface area contributed by atoms with E-state index in [2.05, 4.69) is 53.8 Å². The third-order valence-corrected chi connectivity index (χ3v) is 5.10. The summed E-state index contributed by atoms with van der Waals surface area (Å²) in [4.78, 5) is 12.1. The second-order valence-electron chi connectivity index (χ2n) is 6.84. The number of amides is 1. The van der Waals surface area contributed by atoms with Gasteiger partial charge in [0, 0.05) is 12.5 Å². The molecule has 1 aliphatic carbocycles. The molecule has 4 rings (SSSR count). The SMILES string of the molecule is O=C(NCCCc1ccccc1)OCC1c2ccccc2-c2ccccc21. The van der Waals surface area contributed by atoms with Crippen molar-refractivity contribution in [2.75, 3.05) is 13.2 Å². The monoisotopic (exact) mass is 357 g/mol. The maximum Gasteiger partial charge on any atom is 0.407 e. The molecule has 0 spiro atoms. The van der Waals surface area contributed by atoms with Gasteiger partial charge in [-0.2, -0.15) is 0 Å². The average molecular weight is 357 g/mol. The lowest BCUT2D eigenvalue weighted by Gasteiger charge is -2.14. The molecule has 3 heteroatoms. The molecule has 0 heterocycles. The van der Waals surface area contributed by atoms with Crippen LogP contribution in [0.2, 0.25) is 0 Å². The number of carbonyl (C=O) groups is 1. The molecule has 0 aromatic heterocycles. The highest BCUT2D eigenvalue weighted by molar-refractivity contribution is 5.79. The van der Waals surface area contributed by atoms with E-state index in [0.717, 1.165) is 12.8 Å². The van der Waals surface area contributed by atoms with Gasteiger partial charge in [0.2, 0.25) is 0 Å². The fourth-order valence-corrected chi connectivity index (χ4v) is 3.78. The van der Waals surface area contributed by atoms with Gasteiger partial charge in [0.25, 0.3) is 0 Å². The highest BCUT2D eigenvalue weighted by Gasteiger charge is 2.28. The maximum atomic E-state index is 12.1. The van der Waals surface area contributed by atoms with Crippen LogP contribution in [0.15, 0.2) is 78.9 Å². The smallest absolute Gasteiger partial charge is 0.407 e. The molecule has 0 unspecified atom stereocenters. The van der Waals surface area contributed by atoms with E-state index in [4.69, 9.17) is 4.74 Å². The zero-order chi connectivity index (χ0) is 18.5. The van der Waals surface area contributed by atoms with E-state index in [1.807, 2.05) is 30.3 Å². The van der Waals surface area contributed by atoms with Crippen LogP contribution in [0.5, 0.6) is 0 Å². The number of benzene rings is 3. The lowest BCUT2D eigenvalue weighted by Crippen LogP contribution is -2.27. The number of hydrogen-bond acceptors (Lipinski definition) is 2. The highest BCUT2D eigenvalue weighted by Crippen LogP contribution is 2.44. The van der Waals surface area contributed by atoms with Gasteiger partial charge in [-0.15, -0.1) is 0 Å². The quantitative estimate of drug-likeness (QED) is 0.619. The van der Waals surface area contributed by atoms with E-state index in [1.165, 1.54) is 27.8 Å². The van der Waals surface area contributed by atoms with Crippen LogP contribution in [0.4, 0.5) is 4.79 Å². The molecule has 0 saturated heterocycles. The van der Waals surface area contributed by atoms with Gasteiger partial charge in [-0.3, -0.25) is 0 Å². The van der Waals surface area contributed by atoms with Gasteiger partial charge < -0.3 is 10.1 Å². The predicted octanol–water partition coefficient (Wildman–Crippen LogP) is 5.16. The first kappa shape index (κ1) is 17.3. The third-order valence-electron chi connectivity index (χ3n) is 5.10. The standard InChI is InChI=1S/C24H23NO2/c26-24(25-16-8-11-18-9-2-1-3-10-18)27-17-23-21-14-6-4-12-19(21)20-13-5-7-15-22(20)23/h1-7,9-10,12-15,23H,8,11,16-17H2,(H,25,26). The van der Waals surface area contributed by atoms with Crippen LogP contribution in [0, 0.1) is 0 Å². The molecule has 1 N–H and O–H groups in total. The van der Waals surface area contributed by atoms with Crippen molar-refractivity contribution in [2.24, 2.45) is 0 Å². The summed E-state index contributed by atoms with van der Waals surface area (Å²) in [6.45, 7) is 0.976. The zero-order valence-corrected chi connectivity index (χ0v) is 15.2. The van der Waals surface area contributed by atoms with Crippen LogP contribution in [0.1, 0.15) is 29.0 Å². The minimum Gasteiger partial charge on any atom is -0.449 e. The second kappa shape index (κ2) is 8.09. The Morgan fingerprint density at radius 1 is 0.815 bits per heavy atom. The topological polar surface area (TPSA) is 38.3 Å². The van der Waals surface area contributed by atoms with Crippen LogP contribution in [-0.4, -0.2) is 19.2 Å². The Hall–Kier alpha value is -3.07. The van der Waals surface area contributed by atoms with Crippen LogP contribution in [-0.2, 0) is 11.2 Å². The average Bonchev–Trinajstić information content (AvgIpc) is 3.04. The Bertz CT molecular complexity index is 875. The first-order valence-corrected chi connectivity index (χ1v) is 9.46. The molecule has 0 atom stereocenters. The normalized spacial score (nSPS) is 12.3. The number of carbonyl (C=O) groups excluding carboxylic acids is 1. The van der Waals surface area contributed by atoms with Gasteiger partial charge >= 0.3 is 6.09 Å². The molecule has 136 valence electrons. The van der Waals surface area contributed by atoms with E-state index < -0.39 is 0 Å². The number of ether oxygens (including phenoxy) is 1. The molecule has 0 bridgehead atoms. The predicted molar refractivity (Wildman–Crippen MR) is 108 cm³/mol. The fraction of sp³-hybridized carbons (Fsp3) is 0.208. The Morgan fingerprint density at radius 3 is 2.07 bits per heavy atom. The largest absolute Gasteiger partial charge is 0.449 e. The van der Waals surface area contributed by atoms with Gasteiger partial charge in [-0.25, -0.2) is 4.79 Å². The number of fused-ring (bicyclic) bond motifs is 3. The van der Waals surface area contributed by atoms with Crippen molar-refractivity contribution < 1.29 is 9.53 Å². The van der Waals surface area contributed by atoms with Crippen molar-refractivity contribution in [3.05, 3.63) is 95.6 Å². The molecule has 1 amide bonds. The summed E-state index contributed by atoms with van der Waals surface area (Å²) in [5, 5.41) is 2.86. The van der Waals surface area contributed by atoms with Crippen molar-refractivity contribution in [3.8, 4) is 11.1 Å². The lowest BCUT2D eigenvalue weighted by atomic mass is 9.98. The Kier molecular flexibility index (Phi) is 5.20. The summed E-state index contributed by atoms with van der Waals surface area (Å²) in [5.74, 6) is 0.104. The van der Waals surface area contributed by atoms with Crippen LogP contribution in [0.25, 0.3) is 11.1 Å². The van der Waals surface area contributed by atoms with Gasteiger partial charge in [0.15, 0.2) is 0 Å². The molecular weight excluding hydrogens is 334 g/mol. The summed E-state index contributed by atoms with van der Waals surface area (Å²) in [6, 6.07) is 27.0. The van der Waals surface area contributed by atoms with E-state index in [-0.39, 0.29) is 12.0 Å². The van der Waals surface area contributed by atoms with Crippen molar-refractivity contribution in [1.82, 2.24) is 5.32 Å². The molecular formula is C24H23NO2. The van der Waals surface area contributed by atoms with E-state index in [0.29, 0.717) is 13.2 Å². The minimum absolute atomic E-state index is 0.104. The second-order valence-corrected chi connectivity index (χ2v) is 6.84. The Morgan fingerprint density at radius 2 is 1.41 bits per heavy atom. The van der Waals surface area contributed by atoms with Crippen LogP contribution >= 0.6 is 0 Å². The Labute approximate surface area is 160 Å². The van der Waals surface area contributed by atoms with Crippen LogP contribution < -0.4 is 5.32 Å². The minimum atomic E-state index is -0.343. The van der Waals surface area contributed by atoms with E-state index >= 15 is 0 Å². The first-order valence-electron chi connectivity index (χ1n) is 9.46. The first-order chi connectivity index (χ1) is 13.3. The number of aryl methyl sites for hydroxylation is 1. The van der Waals surface area contributed by atoms with Crippen molar-refractivity contribution in [1.29, 1.82) is 0 Å². The van der Waals surface area contributed by atoms with Crippen LogP contribution in [0.3, 0.4) is 0 Å². The van der Waals surface area contributed by atoms with Gasteiger partial charge in [-0.05, 0) is 40.7 Å². The third kappa shape index (κ3) is 3.87. The maximum absolute atomic E-state index is 12.1. The number of alkyl carbamates (subject to hydrolysis) is 1. The molecule has 3 aromatic carbocycles. The van der Waals surface area contributed by atoms with Gasteiger partial charge in [0.1, 0.15) is 6.61 Å². The summed E-state index contributed by atoms with van der Waals surface area (Å²) < 4.78 is 5.54. The molecule has 3 aromatic rings. The van der Waals surface area contributed by atoms with Gasteiger partial charge in [0.05, 0.1) is 0 Å². The summed E-state index contributed by atoms with van der Waals surface area (Å²) in [5.41, 5.74) is 6.23. The number of rotatable bonds is 6. The highest BCUT2D eigenvalue weighted by atomic mass is 16.5. The summed E-state index contributed by atoms with van der Waals surface area (Å²) in [7, 11) is 0.